The lowest BCUT2D eigenvalue weighted by Gasteiger charge is -2.34. The molecule has 2 aromatic rings. The number of nitrogens with one attached hydrogen (secondary N) is 1. The Bertz CT molecular complexity index is 668. The summed E-state index contributed by atoms with van der Waals surface area (Å²) in [6, 6.07) is 12.2. The van der Waals surface area contributed by atoms with Crippen molar-refractivity contribution < 1.29 is 4.79 Å². The van der Waals surface area contributed by atoms with E-state index in [1.165, 1.54) is 5.56 Å². The van der Waals surface area contributed by atoms with Crippen LogP contribution in [0.2, 0.25) is 0 Å². The summed E-state index contributed by atoms with van der Waals surface area (Å²) in [6.45, 7) is 3.95. The van der Waals surface area contributed by atoms with Crippen molar-refractivity contribution in [2.24, 2.45) is 0 Å². The third-order valence-electron chi connectivity index (χ3n) is 4.24. The predicted octanol–water partition coefficient (Wildman–Crippen LogP) is 0.935. The molecule has 1 fully saturated rings. The van der Waals surface area contributed by atoms with Crippen molar-refractivity contribution in [3.63, 3.8) is 0 Å². The zero-order valence-corrected chi connectivity index (χ0v) is 14.0. The van der Waals surface area contributed by atoms with Crippen LogP contribution in [0, 0.1) is 0 Å². The number of piperazine rings is 1. The molecule has 126 valence electrons. The smallest absolute Gasteiger partial charge is 0.233 e. The molecule has 24 heavy (non-hydrogen) atoms. The number of anilines is 1. The number of nitrogens with zero attached hydrogens (tertiary/aromatic N) is 4. The molecule has 1 aliphatic heterocycles. The zero-order chi connectivity index (χ0) is 16.8. The Hall–Kier alpha value is -2.47. The zero-order valence-electron chi connectivity index (χ0n) is 14.0. The van der Waals surface area contributed by atoms with Crippen molar-refractivity contribution in [2.75, 3.05) is 44.7 Å². The third kappa shape index (κ3) is 4.29. The molecule has 0 atom stereocenters. The molecule has 6 nitrogen and oxygen atoms in total. The van der Waals surface area contributed by atoms with E-state index in [0.29, 0.717) is 6.54 Å². The van der Waals surface area contributed by atoms with Gasteiger partial charge in [0.05, 0.1) is 6.54 Å². The summed E-state index contributed by atoms with van der Waals surface area (Å²) in [6.07, 6.45) is 2.57. The average molecular weight is 325 g/mol. The highest BCUT2D eigenvalue weighted by Gasteiger charge is 2.19. The lowest BCUT2D eigenvalue weighted by Crippen LogP contribution is -2.49. The van der Waals surface area contributed by atoms with Crippen LogP contribution in [0.15, 0.2) is 42.6 Å². The minimum absolute atomic E-state index is 0.0654. The second kappa shape index (κ2) is 7.88. The topological polar surface area (TPSA) is 61.4 Å². The van der Waals surface area contributed by atoms with Crippen LogP contribution in [-0.2, 0) is 11.2 Å². The summed E-state index contributed by atoms with van der Waals surface area (Å²) in [5.41, 5.74) is 1.21. The molecule has 6 heteroatoms. The van der Waals surface area contributed by atoms with E-state index < -0.39 is 0 Å². The van der Waals surface area contributed by atoms with E-state index >= 15 is 0 Å². The van der Waals surface area contributed by atoms with Crippen molar-refractivity contribution in [3.05, 3.63) is 54.0 Å². The molecule has 1 aromatic heterocycles. The average Bonchev–Trinajstić information content (AvgIpc) is 2.63. The maximum Gasteiger partial charge on any atom is 0.233 e. The van der Waals surface area contributed by atoms with Gasteiger partial charge in [0, 0.05) is 45.8 Å². The van der Waals surface area contributed by atoms with E-state index in [1.54, 1.807) is 7.05 Å². The Morgan fingerprint density at radius 2 is 1.88 bits per heavy atom. The maximum atomic E-state index is 11.5. The van der Waals surface area contributed by atoms with E-state index in [1.807, 2.05) is 30.5 Å². The van der Waals surface area contributed by atoms with Crippen LogP contribution < -0.4 is 10.2 Å². The molecule has 0 spiro atoms. The monoisotopic (exact) mass is 325 g/mol. The molecular weight excluding hydrogens is 302 g/mol. The van der Waals surface area contributed by atoms with Gasteiger partial charge in [0.1, 0.15) is 11.6 Å². The van der Waals surface area contributed by atoms with Gasteiger partial charge in [-0.15, -0.1) is 0 Å². The first-order valence-electron chi connectivity index (χ1n) is 8.28. The van der Waals surface area contributed by atoms with E-state index in [-0.39, 0.29) is 5.91 Å². The van der Waals surface area contributed by atoms with E-state index in [0.717, 1.165) is 44.2 Å². The number of benzene rings is 1. The molecular formula is C18H23N5O. The number of hydrogen-bond donors (Lipinski definition) is 1. The van der Waals surface area contributed by atoms with Gasteiger partial charge in [-0.25, -0.2) is 9.97 Å². The van der Waals surface area contributed by atoms with Crippen LogP contribution in [0.1, 0.15) is 11.4 Å². The quantitative estimate of drug-likeness (QED) is 0.886. The number of carbonyl (C=O) groups is 1. The van der Waals surface area contributed by atoms with Crippen molar-refractivity contribution >= 4 is 11.7 Å². The van der Waals surface area contributed by atoms with Crippen LogP contribution in [0.3, 0.4) is 0 Å². The first-order valence-corrected chi connectivity index (χ1v) is 8.28. The highest BCUT2D eigenvalue weighted by molar-refractivity contribution is 5.77. The van der Waals surface area contributed by atoms with Crippen molar-refractivity contribution in [1.29, 1.82) is 0 Å². The second-order valence-corrected chi connectivity index (χ2v) is 5.93. The molecule has 1 saturated heterocycles. The summed E-state index contributed by atoms with van der Waals surface area (Å²) in [7, 11) is 1.67. The fraction of sp³-hybridized carbons (Fsp3) is 0.389. The van der Waals surface area contributed by atoms with E-state index in [9.17, 15) is 4.79 Å². The minimum atomic E-state index is 0.0654. The lowest BCUT2D eigenvalue weighted by molar-refractivity contribution is -0.121. The summed E-state index contributed by atoms with van der Waals surface area (Å²) in [4.78, 5) is 25.0. The lowest BCUT2D eigenvalue weighted by atomic mass is 10.1. The Balaban J connectivity index is 1.60. The van der Waals surface area contributed by atoms with Gasteiger partial charge in [0.15, 0.2) is 0 Å². The van der Waals surface area contributed by atoms with Crippen molar-refractivity contribution in [2.45, 2.75) is 6.42 Å². The van der Waals surface area contributed by atoms with E-state index in [4.69, 9.17) is 4.98 Å². The molecule has 0 saturated carbocycles. The summed E-state index contributed by atoms with van der Waals surface area (Å²) < 4.78 is 0. The molecule has 1 N–H and O–H groups in total. The number of likely N-dealkylation sites (N-methyl/N-ethyl adjacent to an activating group) is 1. The Kier molecular flexibility index (Phi) is 5.38. The van der Waals surface area contributed by atoms with Gasteiger partial charge in [-0.05, 0) is 11.6 Å². The first-order chi connectivity index (χ1) is 11.7. The van der Waals surface area contributed by atoms with Crippen LogP contribution in [0.4, 0.5) is 5.82 Å². The Morgan fingerprint density at radius 3 is 2.58 bits per heavy atom. The second-order valence-electron chi connectivity index (χ2n) is 5.93. The Labute approximate surface area is 142 Å². The third-order valence-corrected chi connectivity index (χ3v) is 4.24. The highest BCUT2D eigenvalue weighted by atomic mass is 16.1. The predicted molar refractivity (Wildman–Crippen MR) is 94.0 cm³/mol. The fourth-order valence-corrected chi connectivity index (χ4v) is 2.85. The van der Waals surface area contributed by atoms with Gasteiger partial charge < -0.3 is 10.2 Å². The molecule has 1 aliphatic rings. The summed E-state index contributed by atoms with van der Waals surface area (Å²) in [5.74, 6) is 1.87. The molecule has 0 unspecified atom stereocenters. The Morgan fingerprint density at radius 1 is 1.12 bits per heavy atom. The summed E-state index contributed by atoms with van der Waals surface area (Å²) >= 11 is 0. The van der Waals surface area contributed by atoms with Crippen molar-refractivity contribution in [3.8, 4) is 0 Å². The number of aromatic nitrogens is 2. The first kappa shape index (κ1) is 16.4. The largest absolute Gasteiger partial charge is 0.358 e. The van der Waals surface area contributed by atoms with Gasteiger partial charge in [0.25, 0.3) is 0 Å². The van der Waals surface area contributed by atoms with Gasteiger partial charge in [0.2, 0.25) is 5.91 Å². The molecule has 1 amide bonds. The normalized spacial score (nSPS) is 15.3. The number of carbonyl (C=O) groups excluding carboxylic acids is 1. The number of rotatable bonds is 5. The number of amides is 1. The maximum absolute atomic E-state index is 11.5. The summed E-state index contributed by atoms with van der Waals surface area (Å²) in [5, 5.41) is 2.67. The minimum Gasteiger partial charge on any atom is -0.358 e. The molecule has 2 heterocycles. The molecule has 1 aromatic carbocycles. The SMILES string of the molecule is CNC(=O)CN1CCN(c2ccnc(Cc3ccccc3)n2)CC1. The van der Waals surface area contributed by atoms with Crippen molar-refractivity contribution in [1.82, 2.24) is 20.2 Å². The van der Waals surface area contributed by atoms with Gasteiger partial charge in [-0.3, -0.25) is 9.69 Å². The fourth-order valence-electron chi connectivity index (χ4n) is 2.85. The van der Waals surface area contributed by atoms with Crippen LogP contribution >= 0.6 is 0 Å². The van der Waals surface area contributed by atoms with Crippen LogP contribution in [0.5, 0.6) is 0 Å². The van der Waals surface area contributed by atoms with Gasteiger partial charge >= 0.3 is 0 Å². The standard InChI is InChI=1S/C18H23N5O/c1-19-18(24)14-22-9-11-23(12-10-22)17-7-8-20-16(21-17)13-15-5-3-2-4-6-15/h2-8H,9-14H2,1H3,(H,19,24). The molecule has 0 aliphatic carbocycles. The number of hydrogen-bond acceptors (Lipinski definition) is 5. The van der Waals surface area contributed by atoms with Gasteiger partial charge in [-0.2, -0.15) is 0 Å². The van der Waals surface area contributed by atoms with Crippen LogP contribution in [-0.4, -0.2) is 60.5 Å². The molecule has 0 bridgehead atoms. The highest BCUT2D eigenvalue weighted by Crippen LogP contribution is 2.14. The molecule has 0 radical (unpaired) electrons. The van der Waals surface area contributed by atoms with E-state index in [2.05, 4.69) is 32.2 Å². The molecule has 3 rings (SSSR count). The van der Waals surface area contributed by atoms with Crippen LogP contribution in [0.25, 0.3) is 0 Å². The van der Waals surface area contributed by atoms with Gasteiger partial charge in [-0.1, -0.05) is 30.3 Å².